The monoisotopic (exact) mass is 482 g/mol. The Balaban J connectivity index is 1.54. The fourth-order valence-electron chi connectivity index (χ4n) is 8.02. The Morgan fingerprint density at radius 2 is 1.59 bits per heavy atom. The molecular formula is C35H34N2+2. The molecule has 0 saturated heterocycles. The number of pyridine rings is 2. The van der Waals surface area contributed by atoms with Gasteiger partial charge in [0.1, 0.15) is 11.1 Å². The van der Waals surface area contributed by atoms with E-state index in [4.69, 9.17) is 0 Å². The van der Waals surface area contributed by atoms with Crippen molar-refractivity contribution >= 4 is 5.57 Å². The SMILES string of the molecule is Cc1ccc2[n+](c1)C1(c3ccccc3-2)c2ccc3c(c2-c2cc(C)c(C(C)C)c[n+]21)CC1=C3CCCC1. The van der Waals surface area contributed by atoms with E-state index in [-0.39, 0.29) is 0 Å². The minimum Gasteiger partial charge on any atom is -0.125 e. The molecule has 182 valence electrons. The standard InChI is InChI=1S/C35H34N2/c1-21(2)29-20-37-33(17-23(29)4)34-28-18-24-9-5-6-10-25(24)26(28)14-15-31(34)35(37)30-12-8-7-11-27(30)32-16-13-22(3)19-36(32)35/h7-8,11-17,19-21H,5-6,9-10,18H2,1-4H3/q+2. The molecule has 0 saturated carbocycles. The van der Waals surface area contributed by atoms with E-state index in [0.717, 1.165) is 6.42 Å². The highest BCUT2D eigenvalue weighted by atomic mass is 15.3. The van der Waals surface area contributed by atoms with E-state index in [1.807, 2.05) is 0 Å². The highest BCUT2D eigenvalue weighted by Gasteiger charge is 2.67. The Labute approximate surface area is 219 Å². The molecule has 0 N–H and O–H groups in total. The molecule has 2 aromatic carbocycles. The average molecular weight is 483 g/mol. The fourth-order valence-corrected chi connectivity index (χ4v) is 8.02. The summed E-state index contributed by atoms with van der Waals surface area (Å²) >= 11 is 0. The van der Waals surface area contributed by atoms with Crippen molar-refractivity contribution in [1.82, 2.24) is 0 Å². The molecule has 2 aliphatic carbocycles. The zero-order valence-electron chi connectivity index (χ0n) is 22.4. The minimum atomic E-state index is -0.405. The van der Waals surface area contributed by atoms with Crippen molar-refractivity contribution in [2.75, 3.05) is 0 Å². The second-order valence-corrected chi connectivity index (χ2v) is 12.0. The van der Waals surface area contributed by atoms with Crippen molar-refractivity contribution in [3.8, 4) is 22.5 Å². The summed E-state index contributed by atoms with van der Waals surface area (Å²) in [5.41, 5.74) is 18.5. The Hall–Kier alpha value is -3.52. The molecule has 0 fully saturated rings. The van der Waals surface area contributed by atoms with Crippen molar-refractivity contribution in [2.45, 2.75) is 71.4 Å². The topological polar surface area (TPSA) is 7.76 Å². The van der Waals surface area contributed by atoms with Crippen molar-refractivity contribution in [3.63, 3.8) is 0 Å². The van der Waals surface area contributed by atoms with Gasteiger partial charge in [-0.2, -0.15) is 0 Å². The van der Waals surface area contributed by atoms with Crippen molar-refractivity contribution in [2.24, 2.45) is 0 Å². The lowest BCUT2D eigenvalue weighted by molar-refractivity contribution is -0.955. The molecule has 0 amide bonds. The summed E-state index contributed by atoms with van der Waals surface area (Å²) in [5.74, 6) is 0.469. The molecule has 1 atom stereocenters. The van der Waals surface area contributed by atoms with Crippen LogP contribution in [0.15, 0.2) is 72.6 Å². The average Bonchev–Trinajstić information content (AvgIpc) is 3.51. The maximum absolute atomic E-state index is 2.65. The lowest BCUT2D eigenvalue weighted by Gasteiger charge is -2.19. The molecule has 1 spiro atoms. The first-order valence-corrected chi connectivity index (χ1v) is 14.1. The Morgan fingerprint density at radius 3 is 2.46 bits per heavy atom. The number of benzene rings is 2. The smallest absolute Gasteiger partial charge is 0.125 e. The van der Waals surface area contributed by atoms with E-state index in [0.29, 0.717) is 5.92 Å². The summed E-state index contributed by atoms with van der Waals surface area (Å²) in [5, 5.41) is 0. The molecule has 8 rings (SSSR count). The summed E-state index contributed by atoms with van der Waals surface area (Å²) in [6.45, 7) is 9.18. The molecule has 2 aromatic heterocycles. The van der Waals surface area contributed by atoms with Crippen LogP contribution in [-0.2, 0) is 12.1 Å². The van der Waals surface area contributed by atoms with Crippen LogP contribution in [0, 0.1) is 13.8 Å². The normalized spacial score (nSPS) is 20.1. The first-order chi connectivity index (χ1) is 18.0. The Bertz CT molecular complexity index is 1700. The van der Waals surface area contributed by atoms with Crippen LogP contribution in [0.4, 0.5) is 0 Å². The van der Waals surface area contributed by atoms with Gasteiger partial charge in [-0.15, -0.1) is 9.13 Å². The zero-order valence-corrected chi connectivity index (χ0v) is 22.4. The van der Waals surface area contributed by atoms with E-state index in [1.165, 1.54) is 81.6 Å². The molecule has 4 aromatic rings. The summed E-state index contributed by atoms with van der Waals surface area (Å²) < 4.78 is 5.23. The molecule has 2 aliphatic heterocycles. The van der Waals surface area contributed by atoms with Crippen LogP contribution in [-0.4, -0.2) is 0 Å². The molecule has 0 bridgehead atoms. The van der Waals surface area contributed by atoms with E-state index < -0.39 is 5.66 Å². The van der Waals surface area contributed by atoms with Crippen LogP contribution >= 0.6 is 0 Å². The Kier molecular flexibility index (Phi) is 4.24. The van der Waals surface area contributed by atoms with Gasteiger partial charge < -0.3 is 0 Å². The Morgan fingerprint density at radius 1 is 0.784 bits per heavy atom. The first kappa shape index (κ1) is 21.6. The fraction of sp³-hybridized carbons (Fsp3) is 0.314. The van der Waals surface area contributed by atoms with Gasteiger partial charge in [0.25, 0.3) is 0 Å². The summed E-state index contributed by atoms with van der Waals surface area (Å²) in [4.78, 5) is 0. The van der Waals surface area contributed by atoms with Gasteiger partial charge in [-0.1, -0.05) is 37.6 Å². The molecule has 4 aliphatic rings. The number of nitrogens with zero attached hydrogens (tertiary/aromatic N) is 2. The van der Waals surface area contributed by atoms with Crippen LogP contribution in [0.5, 0.6) is 0 Å². The molecular weight excluding hydrogens is 448 g/mol. The van der Waals surface area contributed by atoms with E-state index in [1.54, 1.807) is 16.7 Å². The molecule has 2 nitrogen and oxygen atoms in total. The van der Waals surface area contributed by atoms with Crippen LogP contribution in [0.3, 0.4) is 0 Å². The van der Waals surface area contributed by atoms with Crippen molar-refractivity contribution < 1.29 is 9.13 Å². The maximum Gasteiger partial charge on any atom is 0.417 e. The first-order valence-electron chi connectivity index (χ1n) is 14.1. The number of aromatic nitrogens is 2. The van der Waals surface area contributed by atoms with Crippen molar-refractivity contribution in [1.29, 1.82) is 0 Å². The van der Waals surface area contributed by atoms with Gasteiger partial charge in [-0.3, -0.25) is 0 Å². The van der Waals surface area contributed by atoms with Crippen LogP contribution in [0.25, 0.3) is 28.1 Å². The zero-order chi connectivity index (χ0) is 25.1. The van der Waals surface area contributed by atoms with E-state index in [9.17, 15) is 0 Å². The van der Waals surface area contributed by atoms with Gasteiger partial charge in [-0.05, 0) is 98.4 Å². The number of fused-ring (bicyclic) bond motifs is 13. The number of aryl methyl sites for hydroxylation is 2. The largest absolute Gasteiger partial charge is 0.417 e. The van der Waals surface area contributed by atoms with E-state index >= 15 is 0 Å². The third kappa shape index (κ3) is 2.56. The summed E-state index contributed by atoms with van der Waals surface area (Å²) in [6, 6.07) is 21.1. The van der Waals surface area contributed by atoms with Gasteiger partial charge in [0, 0.05) is 23.3 Å². The summed E-state index contributed by atoms with van der Waals surface area (Å²) in [7, 11) is 0. The lowest BCUT2D eigenvalue weighted by Crippen LogP contribution is -2.71. The molecule has 2 heteroatoms. The van der Waals surface area contributed by atoms with Gasteiger partial charge in [0.15, 0.2) is 12.4 Å². The maximum atomic E-state index is 2.65. The predicted octanol–water partition coefficient (Wildman–Crippen LogP) is 7.14. The minimum absolute atomic E-state index is 0.405. The highest BCUT2D eigenvalue weighted by molar-refractivity contribution is 5.86. The van der Waals surface area contributed by atoms with Crippen LogP contribution in [0.1, 0.15) is 84.4 Å². The van der Waals surface area contributed by atoms with Gasteiger partial charge >= 0.3 is 5.66 Å². The quantitative estimate of drug-likeness (QED) is 0.220. The predicted molar refractivity (Wildman–Crippen MR) is 148 cm³/mol. The molecule has 4 heterocycles. The van der Waals surface area contributed by atoms with Crippen molar-refractivity contribution in [3.05, 3.63) is 112 Å². The van der Waals surface area contributed by atoms with E-state index in [2.05, 4.69) is 104 Å². The second kappa shape index (κ2) is 7.28. The van der Waals surface area contributed by atoms with Crippen LogP contribution < -0.4 is 9.13 Å². The number of rotatable bonds is 1. The highest BCUT2D eigenvalue weighted by Crippen LogP contribution is 2.52. The lowest BCUT2D eigenvalue weighted by atomic mass is 9.86. The third-order valence-electron chi connectivity index (χ3n) is 9.57. The number of hydrogen-bond acceptors (Lipinski definition) is 0. The summed E-state index contributed by atoms with van der Waals surface area (Å²) in [6.07, 6.45) is 11.2. The van der Waals surface area contributed by atoms with Gasteiger partial charge in [-0.25, -0.2) is 0 Å². The third-order valence-corrected chi connectivity index (χ3v) is 9.57. The van der Waals surface area contributed by atoms with Crippen LogP contribution in [0.2, 0.25) is 0 Å². The second-order valence-electron chi connectivity index (χ2n) is 12.0. The molecule has 0 radical (unpaired) electrons. The number of allylic oxidation sites excluding steroid dienone is 2. The number of hydrogen-bond donors (Lipinski definition) is 0. The molecule has 37 heavy (non-hydrogen) atoms. The van der Waals surface area contributed by atoms with Gasteiger partial charge in [0.2, 0.25) is 11.4 Å². The molecule has 1 unspecified atom stereocenters. The van der Waals surface area contributed by atoms with Gasteiger partial charge in [0.05, 0.1) is 11.1 Å².